The van der Waals surface area contributed by atoms with Crippen LogP contribution in [0.15, 0.2) is 60.7 Å². The van der Waals surface area contributed by atoms with Crippen LogP contribution in [0.5, 0.6) is 17.2 Å². The molecule has 0 spiro atoms. The summed E-state index contributed by atoms with van der Waals surface area (Å²) in [5.41, 5.74) is 3.11. The Morgan fingerprint density at radius 1 is 0.974 bits per heavy atom. The molecule has 0 bridgehead atoms. The van der Waals surface area contributed by atoms with E-state index in [0.29, 0.717) is 40.5 Å². The molecule has 0 aliphatic heterocycles. The van der Waals surface area contributed by atoms with Gasteiger partial charge in [0, 0.05) is 18.1 Å². The lowest BCUT2D eigenvalue weighted by atomic mass is 9.95. The van der Waals surface area contributed by atoms with Gasteiger partial charge in [-0.1, -0.05) is 38.1 Å². The number of carbonyl (C=O) groups excluding carboxylic acids is 1. The molecular weight excluding hydrogens is 496 g/mol. The zero-order valence-corrected chi connectivity index (χ0v) is 22.7. The van der Waals surface area contributed by atoms with E-state index < -0.39 is 5.97 Å². The van der Waals surface area contributed by atoms with Crippen molar-refractivity contribution in [3.05, 3.63) is 94.3 Å². The van der Waals surface area contributed by atoms with Crippen LogP contribution in [0.2, 0.25) is 0 Å². The van der Waals surface area contributed by atoms with Crippen LogP contribution in [-0.2, 0) is 17.8 Å². The molecule has 0 fully saturated rings. The monoisotopic (exact) mass is 530 g/mol. The van der Waals surface area contributed by atoms with Crippen LogP contribution in [0.25, 0.3) is 4.85 Å². The van der Waals surface area contributed by atoms with E-state index in [1.807, 2.05) is 18.2 Å². The van der Waals surface area contributed by atoms with E-state index in [-0.39, 0.29) is 37.3 Å². The van der Waals surface area contributed by atoms with E-state index in [4.69, 9.17) is 20.8 Å². The summed E-state index contributed by atoms with van der Waals surface area (Å²) < 4.78 is 16.7. The third-order valence-corrected chi connectivity index (χ3v) is 6.17. The summed E-state index contributed by atoms with van der Waals surface area (Å²) in [6, 6.07) is 17.4. The van der Waals surface area contributed by atoms with E-state index in [1.54, 1.807) is 56.7 Å². The highest BCUT2D eigenvalue weighted by molar-refractivity contribution is 5.96. The first kappa shape index (κ1) is 29.1. The number of benzene rings is 3. The molecular formula is C31H34N2O6. The molecule has 0 radical (unpaired) electrons. The van der Waals surface area contributed by atoms with Gasteiger partial charge in [0.2, 0.25) is 0 Å². The summed E-state index contributed by atoms with van der Waals surface area (Å²) in [4.78, 5) is 28.4. The Balaban J connectivity index is 1.91. The van der Waals surface area contributed by atoms with E-state index in [9.17, 15) is 14.7 Å². The van der Waals surface area contributed by atoms with Gasteiger partial charge < -0.3 is 24.6 Å². The van der Waals surface area contributed by atoms with Crippen LogP contribution in [0.3, 0.4) is 0 Å². The summed E-state index contributed by atoms with van der Waals surface area (Å²) in [6.07, 6.45) is 0.795. The molecule has 0 aromatic heterocycles. The highest BCUT2D eigenvalue weighted by Gasteiger charge is 2.21. The summed E-state index contributed by atoms with van der Waals surface area (Å²) in [7, 11) is 3.16. The molecule has 1 amide bonds. The predicted octanol–water partition coefficient (Wildman–Crippen LogP) is 6.37. The molecule has 3 aromatic rings. The molecule has 0 aliphatic carbocycles. The van der Waals surface area contributed by atoms with Crippen LogP contribution < -0.4 is 19.5 Å². The fourth-order valence-corrected chi connectivity index (χ4v) is 4.21. The highest BCUT2D eigenvalue weighted by atomic mass is 16.5. The van der Waals surface area contributed by atoms with Gasteiger partial charge in [0.05, 0.1) is 26.8 Å². The van der Waals surface area contributed by atoms with E-state index in [0.717, 1.165) is 11.1 Å². The fraction of sp³-hybridized carbons (Fsp3) is 0.323. The second kappa shape index (κ2) is 13.9. The van der Waals surface area contributed by atoms with E-state index in [1.165, 1.54) is 0 Å². The topological polar surface area (TPSA) is 98.5 Å². The van der Waals surface area contributed by atoms with Gasteiger partial charge in [0.15, 0.2) is 5.69 Å². The van der Waals surface area contributed by atoms with Crippen LogP contribution in [-0.4, -0.2) is 31.2 Å². The van der Waals surface area contributed by atoms with Gasteiger partial charge in [-0.2, -0.15) is 0 Å². The molecule has 8 nitrogen and oxygen atoms in total. The van der Waals surface area contributed by atoms with Crippen LogP contribution >= 0.6 is 0 Å². The van der Waals surface area contributed by atoms with Gasteiger partial charge in [0.1, 0.15) is 23.9 Å². The minimum Gasteiger partial charge on any atom is -0.497 e. The SMILES string of the molecule is [C-]#[N+]c1cccc(OCc2ccc(CCC(=O)O)c(C(=O)NC(CC(C)C)c3cc(OC)cc(OC)c3)c2)c1. The number of methoxy groups -OCH3 is 2. The van der Waals surface area contributed by atoms with Crippen molar-refractivity contribution in [2.45, 2.75) is 45.8 Å². The maximum absolute atomic E-state index is 13.7. The first-order valence-corrected chi connectivity index (χ1v) is 12.7. The molecule has 1 unspecified atom stereocenters. The maximum atomic E-state index is 13.7. The zero-order chi connectivity index (χ0) is 28.4. The van der Waals surface area contributed by atoms with Gasteiger partial charge in [-0.25, -0.2) is 4.85 Å². The number of ether oxygens (including phenoxy) is 3. The Morgan fingerprint density at radius 3 is 2.31 bits per heavy atom. The summed E-state index contributed by atoms with van der Waals surface area (Å²) in [6.45, 7) is 11.5. The summed E-state index contributed by atoms with van der Waals surface area (Å²) >= 11 is 0. The molecule has 39 heavy (non-hydrogen) atoms. The number of aryl methyl sites for hydroxylation is 1. The first-order chi connectivity index (χ1) is 18.7. The minimum absolute atomic E-state index is 0.0952. The number of nitrogens with zero attached hydrogens (tertiary/aromatic N) is 1. The van der Waals surface area contributed by atoms with Crippen molar-refractivity contribution < 1.29 is 28.9 Å². The third-order valence-electron chi connectivity index (χ3n) is 6.17. The Hall–Kier alpha value is -4.51. The van der Waals surface area contributed by atoms with Gasteiger partial charge in [-0.3, -0.25) is 9.59 Å². The normalized spacial score (nSPS) is 11.4. The largest absolute Gasteiger partial charge is 0.497 e. The van der Waals surface area contributed by atoms with Gasteiger partial charge in [0.25, 0.3) is 5.91 Å². The van der Waals surface area contributed by atoms with Crippen LogP contribution in [0, 0.1) is 12.5 Å². The molecule has 8 heteroatoms. The second-order valence-corrected chi connectivity index (χ2v) is 9.58. The van der Waals surface area contributed by atoms with Crippen molar-refractivity contribution in [3.63, 3.8) is 0 Å². The number of amides is 1. The zero-order valence-electron chi connectivity index (χ0n) is 22.7. The minimum atomic E-state index is -0.936. The van der Waals surface area contributed by atoms with Crippen molar-refractivity contribution >= 4 is 17.6 Å². The molecule has 3 aromatic carbocycles. The smallest absolute Gasteiger partial charge is 0.303 e. The molecule has 0 saturated heterocycles. The quantitative estimate of drug-likeness (QED) is 0.249. The summed E-state index contributed by atoms with van der Waals surface area (Å²) in [5, 5.41) is 12.4. The van der Waals surface area contributed by atoms with Crippen molar-refractivity contribution in [2.75, 3.05) is 14.2 Å². The lowest BCUT2D eigenvalue weighted by Crippen LogP contribution is -2.30. The van der Waals surface area contributed by atoms with Crippen molar-refractivity contribution in [1.29, 1.82) is 0 Å². The Morgan fingerprint density at radius 2 is 1.69 bits per heavy atom. The van der Waals surface area contributed by atoms with E-state index >= 15 is 0 Å². The third kappa shape index (κ3) is 8.50. The molecule has 3 rings (SSSR count). The molecule has 2 N–H and O–H groups in total. The molecule has 0 aliphatic rings. The molecule has 204 valence electrons. The standard InChI is InChI=1S/C31H34N2O6/c1-20(2)13-29(23-15-26(37-4)18-27(16-23)38-5)33-31(36)28-14-21(9-10-22(28)11-12-30(34)35)19-39-25-8-6-7-24(17-25)32-3/h6-10,14-18,20,29H,11-13,19H2,1-2,4-5H3,(H,33,36)(H,34,35). The number of carboxylic acid groups (broad SMARTS) is 1. The summed E-state index contributed by atoms with van der Waals surface area (Å²) in [5.74, 6) is 0.833. The lowest BCUT2D eigenvalue weighted by molar-refractivity contribution is -0.136. The Bertz CT molecular complexity index is 1320. The number of nitrogens with one attached hydrogen (secondary N) is 1. The van der Waals surface area contributed by atoms with Gasteiger partial charge in [-0.05, 0) is 65.8 Å². The van der Waals surface area contributed by atoms with Crippen LogP contribution in [0.1, 0.15) is 59.8 Å². The van der Waals surface area contributed by atoms with Crippen LogP contribution in [0.4, 0.5) is 5.69 Å². The highest BCUT2D eigenvalue weighted by Crippen LogP contribution is 2.30. The Kier molecular flexibility index (Phi) is 10.3. The molecule has 0 heterocycles. The number of carboxylic acids is 1. The molecule has 0 saturated carbocycles. The predicted molar refractivity (Wildman–Crippen MR) is 149 cm³/mol. The van der Waals surface area contributed by atoms with Crippen molar-refractivity contribution in [3.8, 4) is 17.2 Å². The number of rotatable bonds is 13. The van der Waals surface area contributed by atoms with Crippen molar-refractivity contribution in [1.82, 2.24) is 5.32 Å². The fourth-order valence-electron chi connectivity index (χ4n) is 4.21. The first-order valence-electron chi connectivity index (χ1n) is 12.7. The average molecular weight is 531 g/mol. The number of hydrogen-bond acceptors (Lipinski definition) is 5. The van der Waals surface area contributed by atoms with E-state index in [2.05, 4.69) is 24.0 Å². The van der Waals surface area contributed by atoms with Crippen molar-refractivity contribution in [2.24, 2.45) is 5.92 Å². The maximum Gasteiger partial charge on any atom is 0.303 e. The number of aliphatic carboxylic acids is 1. The van der Waals surface area contributed by atoms with Gasteiger partial charge >= 0.3 is 5.97 Å². The number of carbonyl (C=O) groups is 2. The Labute approximate surface area is 229 Å². The van der Waals surface area contributed by atoms with Gasteiger partial charge in [-0.15, -0.1) is 0 Å². The lowest BCUT2D eigenvalue weighted by Gasteiger charge is -2.23. The second-order valence-electron chi connectivity index (χ2n) is 9.58. The molecule has 1 atom stereocenters. The number of hydrogen-bond donors (Lipinski definition) is 2. The average Bonchev–Trinajstić information content (AvgIpc) is 2.94.